The van der Waals surface area contributed by atoms with E-state index >= 15 is 0 Å². The third-order valence-corrected chi connectivity index (χ3v) is 5.95. The average Bonchev–Trinajstić information content (AvgIpc) is 2.92. The van der Waals surface area contributed by atoms with Crippen molar-refractivity contribution < 1.29 is 14.4 Å². The van der Waals surface area contributed by atoms with Gasteiger partial charge in [0.2, 0.25) is 18.2 Å². The molecule has 1 heterocycles. The molecular weight excluding hydrogens is 504 g/mol. The van der Waals surface area contributed by atoms with Gasteiger partial charge in [-0.15, -0.1) is 0 Å². The third-order valence-electron chi connectivity index (χ3n) is 5.95. The summed E-state index contributed by atoms with van der Waals surface area (Å²) in [5.74, 6) is 0. The smallest absolute Gasteiger partial charge is 0.277 e. The molecular formula is C27H18N6O6. The summed E-state index contributed by atoms with van der Waals surface area (Å²) < 4.78 is 1.85. The second-order valence-corrected chi connectivity index (χ2v) is 8.37. The van der Waals surface area contributed by atoms with Crippen LogP contribution in [0.15, 0.2) is 84.0 Å². The maximum absolute atomic E-state index is 13.4. The first-order valence-corrected chi connectivity index (χ1v) is 11.3. The summed E-state index contributed by atoms with van der Waals surface area (Å²) >= 11 is 0. The normalized spacial score (nSPS) is 10.2. The summed E-state index contributed by atoms with van der Waals surface area (Å²) in [4.78, 5) is 84.8. The third kappa shape index (κ3) is 4.81. The largest absolute Gasteiger partial charge is 0.325 e. The molecule has 0 radical (unpaired) electrons. The number of aryl methyl sites for hydroxylation is 3. The van der Waals surface area contributed by atoms with Crippen LogP contribution in [-0.4, -0.2) is 32.4 Å². The van der Waals surface area contributed by atoms with E-state index in [1.807, 2.05) is 0 Å². The van der Waals surface area contributed by atoms with E-state index < -0.39 is 16.5 Å². The molecule has 4 aromatic rings. The lowest BCUT2D eigenvalue weighted by Gasteiger charge is -2.22. The van der Waals surface area contributed by atoms with Crippen molar-refractivity contribution in [3.05, 3.63) is 102 Å². The number of isocyanates is 3. The van der Waals surface area contributed by atoms with E-state index in [0.717, 1.165) is 14.2 Å². The minimum absolute atomic E-state index is 0.0877. The molecule has 0 saturated carbocycles. The first kappa shape index (κ1) is 26.3. The first-order valence-electron chi connectivity index (χ1n) is 11.3. The highest BCUT2D eigenvalue weighted by molar-refractivity contribution is 5.61. The van der Waals surface area contributed by atoms with Crippen molar-refractivity contribution in [1.82, 2.24) is 14.2 Å². The molecule has 0 aliphatic carbocycles. The number of benzene rings is 3. The van der Waals surface area contributed by atoms with Gasteiger partial charge in [0, 0.05) is 0 Å². The minimum Gasteiger partial charge on any atom is -0.277 e. The van der Waals surface area contributed by atoms with Gasteiger partial charge in [-0.1, -0.05) is 18.2 Å². The number of carbonyl (C=O) groups excluding carboxylic acids is 3. The Morgan fingerprint density at radius 3 is 1.23 bits per heavy atom. The van der Waals surface area contributed by atoms with Gasteiger partial charge in [-0.2, -0.15) is 29.1 Å². The van der Waals surface area contributed by atoms with E-state index in [1.165, 1.54) is 48.6 Å². The molecule has 3 aromatic carbocycles. The zero-order valence-electron chi connectivity index (χ0n) is 20.8. The Morgan fingerprint density at radius 2 is 0.872 bits per heavy atom. The van der Waals surface area contributed by atoms with Crippen LogP contribution in [0.1, 0.15) is 16.7 Å². The van der Waals surface area contributed by atoms with Gasteiger partial charge in [-0.3, -0.25) is 14.4 Å². The molecule has 0 atom stereocenters. The van der Waals surface area contributed by atoms with Gasteiger partial charge in [0.1, 0.15) is 0 Å². The van der Waals surface area contributed by atoms with Crippen molar-refractivity contribution >= 4 is 35.3 Å². The van der Waals surface area contributed by atoms with Crippen LogP contribution in [0.2, 0.25) is 0 Å². The molecule has 0 bridgehead atoms. The molecule has 192 valence electrons. The monoisotopic (exact) mass is 522 g/mol. The fraction of sp³-hybridized carbons (Fsp3) is 0.111. The van der Waals surface area contributed by atoms with Crippen LogP contribution in [0.3, 0.4) is 0 Å². The fourth-order valence-corrected chi connectivity index (χ4v) is 3.92. The van der Waals surface area contributed by atoms with Gasteiger partial charge in [0.05, 0.1) is 34.1 Å². The van der Waals surface area contributed by atoms with Gasteiger partial charge >= 0.3 is 16.5 Å². The van der Waals surface area contributed by atoms with Gasteiger partial charge in [-0.25, -0.2) is 14.4 Å². The van der Waals surface area contributed by atoms with E-state index in [-0.39, 0.29) is 34.1 Å². The van der Waals surface area contributed by atoms with Crippen LogP contribution in [0.5, 0.6) is 0 Å². The highest BCUT2D eigenvalue weighted by Crippen LogP contribution is 2.26. The Balaban J connectivity index is 2.26. The second kappa shape index (κ2) is 10.7. The van der Waals surface area contributed by atoms with E-state index in [4.69, 9.17) is 0 Å². The maximum Gasteiger partial charge on any atom is 0.325 e. The highest BCUT2D eigenvalue weighted by Gasteiger charge is 2.21. The minimum atomic E-state index is -1.36. The van der Waals surface area contributed by atoms with Crippen LogP contribution in [0.25, 0.3) is 17.1 Å². The van der Waals surface area contributed by atoms with E-state index in [1.54, 1.807) is 45.0 Å². The molecule has 0 amide bonds. The van der Waals surface area contributed by atoms with Crippen molar-refractivity contribution in [3.8, 4) is 17.1 Å². The SMILES string of the molecule is Cc1ccc(-n2c(=O)c(=O)c(=O)n(-c3ccc(C)c(N=C=O)c3)n2-c2ccc(C)c(N=C=O)c2)cc1N=C=O. The second-order valence-electron chi connectivity index (χ2n) is 8.37. The van der Waals surface area contributed by atoms with Gasteiger partial charge in [0.25, 0.3) is 0 Å². The van der Waals surface area contributed by atoms with Crippen molar-refractivity contribution in [2.24, 2.45) is 15.0 Å². The number of aliphatic imine (C=N–C) groups is 3. The first-order chi connectivity index (χ1) is 18.7. The Hall–Kier alpha value is -5.79. The number of hydrogen-bond acceptors (Lipinski definition) is 9. The van der Waals surface area contributed by atoms with Crippen LogP contribution in [-0.2, 0) is 14.4 Å². The van der Waals surface area contributed by atoms with Crippen molar-refractivity contribution in [2.75, 3.05) is 0 Å². The molecule has 0 aliphatic heterocycles. The molecule has 0 unspecified atom stereocenters. The van der Waals surface area contributed by atoms with Crippen LogP contribution in [0, 0.1) is 20.8 Å². The number of aromatic nitrogens is 3. The molecule has 0 saturated heterocycles. The number of nitrogens with zero attached hydrogens (tertiary/aromatic N) is 6. The lowest BCUT2D eigenvalue weighted by molar-refractivity contribution is 0.511. The van der Waals surface area contributed by atoms with Gasteiger partial charge < -0.3 is 0 Å². The molecule has 1 aromatic heterocycles. The Labute approximate surface area is 219 Å². The standard InChI is InChI=1S/C27H18N6O6/c1-16-4-7-19(10-22(16)28-13-34)31-26(38)25(37)27(39)32(20-8-5-17(2)23(11-20)29-14-35)33(31)21-9-6-18(3)24(12-21)30-15-36/h4-12H,1-3H3. The molecule has 0 fully saturated rings. The Kier molecular flexibility index (Phi) is 7.19. The number of rotatable bonds is 6. The van der Waals surface area contributed by atoms with Crippen molar-refractivity contribution in [3.63, 3.8) is 0 Å². The van der Waals surface area contributed by atoms with Crippen LogP contribution >= 0.6 is 0 Å². The van der Waals surface area contributed by atoms with E-state index in [9.17, 15) is 28.8 Å². The molecule has 0 aliphatic rings. The predicted octanol–water partition coefficient (Wildman–Crippen LogP) is 2.97. The van der Waals surface area contributed by atoms with Crippen LogP contribution in [0.4, 0.5) is 17.1 Å². The van der Waals surface area contributed by atoms with Gasteiger partial charge in [-0.05, 0) is 73.9 Å². The van der Waals surface area contributed by atoms with Crippen molar-refractivity contribution in [2.45, 2.75) is 20.8 Å². The molecule has 4 rings (SSSR count). The quantitative estimate of drug-likeness (QED) is 0.215. The fourth-order valence-electron chi connectivity index (χ4n) is 3.92. The average molecular weight is 522 g/mol. The molecule has 39 heavy (non-hydrogen) atoms. The molecule has 12 heteroatoms. The molecule has 0 N–H and O–H groups in total. The lowest BCUT2D eigenvalue weighted by Crippen LogP contribution is -2.53. The number of hydrogen-bond donors (Lipinski definition) is 0. The van der Waals surface area contributed by atoms with Crippen LogP contribution < -0.4 is 16.5 Å². The maximum atomic E-state index is 13.4. The zero-order valence-corrected chi connectivity index (χ0v) is 20.8. The van der Waals surface area contributed by atoms with Crippen molar-refractivity contribution in [1.29, 1.82) is 0 Å². The molecule has 12 nitrogen and oxygen atoms in total. The Morgan fingerprint density at radius 1 is 0.538 bits per heavy atom. The zero-order chi connectivity index (χ0) is 28.3. The summed E-state index contributed by atoms with van der Waals surface area (Å²) in [6.45, 7) is 5.06. The predicted molar refractivity (Wildman–Crippen MR) is 141 cm³/mol. The summed E-state index contributed by atoms with van der Waals surface area (Å²) in [5, 5.41) is 0. The summed E-state index contributed by atoms with van der Waals surface area (Å²) in [6, 6.07) is 13.5. The summed E-state index contributed by atoms with van der Waals surface area (Å²) in [7, 11) is 0. The van der Waals surface area contributed by atoms with E-state index in [0.29, 0.717) is 16.7 Å². The van der Waals surface area contributed by atoms with Gasteiger partial charge in [0.15, 0.2) is 0 Å². The van der Waals surface area contributed by atoms with E-state index in [2.05, 4.69) is 15.0 Å². The highest BCUT2D eigenvalue weighted by atomic mass is 16.2. The topological polar surface area (TPSA) is 154 Å². The lowest BCUT2D eigenvalue weighted by atomic mass is 10.1. The summed E-state index contributed by atoms with van der Waals surface area (Å²) in [5.41, 5.74) is -1.08. The molecule has 0 spiro atoms. The summed E-state index contributed by atoms with van der Waals surface area (Å²) in [6.07, 6.45) is 4.36. The Bertz CT molecular complexity index is 1880.